The molecule has 1 aromatic rings. The molecule has 0 heterocycles. The predicted octanol–water partition coefficient (Wildman–Crippen LogP) is 3.10. The highest BCUT2D eigenvalue weighted by atomic mass is 35.7. The van der Waals surface area contributed by atoms with Gasteiger partial charge in [0.1, 0.15) is 0 Å². The molecule has 84 valence electrons. The number of hydrogen-bond donors (Lipinski definition) is 0. The van der Waals surface area contributed by atoms with Crippen molar-refractivity contribution in [1.82, 2.24) is 0 Å². The van der Waals surface area contributed by atoms with E-state index in [0.717, 1.165) is 24.8 Å². The Morgan fingerprint density at radius 1 is 1.13 bits per heavy atom. The van der Waals surface area contributed by atoms with Crippen molar-refractivity contribution in [1.29, 1.82) is 0 Å². The second kappa shape index (κ2) is 5.52. The fourth-order valence-corrected chi connectivity index (χ4v) is 2.35. The lowest BCUT2D eigenvalue weighted by Crippen LogP contribution is -1.95. The Morgan fingerprint density at radius 2 is 1.67 bits per heavy atom. The lowest BCUT2D eigenvalue weighted by molar-refractivity contribution is 0.609. The van der Waals surface area contributed by atoms with Gasteiger partial charge in [0.25, 0.3) is 0 Å². The molecular weight excluding hydrogens is 232 g/mol. The second-order valence-electron chi connectivity index (χ2n) is 3.60. The van der Waals surface area contributed by atoms with Crippen molar-refractivity contribution in [2.75, 3.05) is 0 Å². The number of hydrogen-bond acceptors (Lipinski definition) is 2. The van der Waals surface area contributed by atoms with Gasteiger partial charge in [-0.25, -0.2) is 8.42 Å². The molecule has 0 saturated carbocycles. The van der Waals surface area contributed by atoms with E-state index in [1.807, 2.05) is 24.3 Å². The molecule has 0 aromatic heterocycles. The van der Waals surface area contributed by atoms with Gasteiger partial charge in [0.2, 0.25) is 9.05 Å². The van der Waals surface area contributed by atoms with Crippen LogP contribution < -0.4 is 0 Å². The van der Waals surface area contributed by atoms with Gasteiger partial charge < -0.3 is 0 Å². The van der Waals surface area contributed by atoms with E-state index in [4.69, 9.17) is 10.7 Å². The molecular formula is C11H15ClO2S. The smallest absolute Gasteiger partial charge is 0.212 e. The molecule has 0 saturated heterocycles. The Morgan fingerprint density at radius 3 is 2.13 bits per heavy atom. The van der Waals surface area contributed by atoms with Crippen molar-refractivity contribution in [3.63, 3.8) is 0 Å². The standard InChI is InChI=1S/C11H15ClO2S/c1-2-3-4-10-5-7-11(8-6-10)9-15(12,13)14/h5-8H,2-4,9H2,1H3. The van der Waals surface area contributed by atoms with Crippen LogP contribution in [0.15, 0.2) is 24.3 Å². The monoisotopic (exact) mass is 246 g/mol. The van der Waals surface area contributed by atoms with E-state index in [2.05, 4.69) is 6.92 Å². The molecule has 0 amide bonds. The molecule has 15 heavy (non-hydrogen) atoms. The lowest BCUT2D eigenvalue weighted by Gasteiger charge is -2.01. The Kier molecular flexibility index (Phi) is 4.61. The van der Waals surface area contributed by atoms with Crippen LogP contribution in [0.5, 0.6) is 0 Å². The van der Waals surface area contributed by atoms with Crippen molar-refractivity contribution in [3.8, 4) is 0 Å². The van der Waals surface area contributed by atoms with E-state index < -0.39 is 9.05 Å². The molecule has 0 spiro atoms. The zero-order valence-corrected chi connectivity index (χ0v) is 10.3. The first-order chi connectivity index (χ1) is 7.01. The van der Waals surface area contributed by atoms with Gasteiger partial charge in [-0.1, -0.05) is 37.6 Å². The maximum Gasteiger partial charge on any atom is 0.236 e. The van der Waals surface area contributed by atoms with Crippen LogP contribution in [0.25, 0.3) is 0 Å². The normalized spacial score (nSPS) is 11.6. The zero-order valence-electron chi connectivity index (χ0n) is 8.74. The average Bonchev–Trinajstić information content (AvgIpc) is 2.14. The van der Waals surface area contributed by atoms with Gasteiger partial charge in [-0.3, -0.25) is 0 Å². The number of benzene rings is 1. The molecule has 4 heteroatoms. The van der Waals surface area contributed by atoms with Crippen LogP contribution >= 0.6 is 10.7 Å². The third kappa shape index (κ3) is 5.19. The number of halogens is 1. The SMILES string of the molecule is CCCCc1ccc(CS(=O)(=O)Cl)cc1. The average molecular weight is 247 g/mol. The van der Waals surface area contributed by atoms with Crippen LogP contribution in [-0.4, -0.2) is 8.42 Å². The molecule has 0 aliphatic carbocycles. The van der Waals surface area contributed by atoms with Gasteiger partial charge in [0.05, 0.1) is 5.75 Å². The van der Waals surface area contributed by atoms with Gasteiger partial charge in [-0.2, -0.15) is 0 Å². The minimum atomic E-state index is -3.43. The highest BCUT2D eigenvalue weighted by Crippen LogP contribution is 2.12. The maximum atomic E-state index is 10.8. The maximum absolute atomic E-state index is 10.8. The van der Waals surface area contributed by atoms with Crippen LogP contribution in [0.3, 0.4) is 0 Å². The minimum Gasteiger partial charge on any atom is -0.212 e. The highest BCUT2D eigenvalue weighted by Gasteiger charge is 2.06. The summed E-state index contributed by atoms with van der Waals surface area (Å²) in [5, 5.41) is 0. The molecule has 0 aliphatic rings. The molecule has 0 fully saturated rings. The van der Waals surface area contributed by atoms with Crippen LogP contribution in [0.1, 0.15) is 30.9 Å². The quantitative estimate of drug-likeness (QED) is 0.749. The zero-order chi connectivity index (χ0) is 11.3. The molecule has 0 N–H and O–H groups in total. The summed E-state index contributed by atoms with van der Waals surface area (Å²) in [4.78, 5) is 0. The van der Waals surface area contributed by atoms with E-state index >= 15 is 0 Å². The number of rotatable bonds is 5. The summed E-state index contributed by atoms with van der Waals surface area (Å²) in [6.45, 7) is 2.15. The third-order valence-corrected chi connectivity index (χ3v) is 3.19. The summed E-state index contributed by atoms with van der Waals surface area (Å²) in [5.74, 6) is -0.0946. The topological polar surface area (TPSA) is 34.1 Å². The minimum absolute atomic E-state index is 0.0946. The predicted molar refractivity (Wildman–Crippen MR) is 63.5 cm³/mol. The summed E-state index contributed by atoms with van der Waals surface area (Å²) >= 11 is 0. The summed E-state index contributed by atoms with van der Waals surface area (Å²) in [6, 6.07) is 7.58. The molecule has 2 nitrogen and oxygen atoms in total. The van der Waals surface area contributed by atoms with E-state index in [0.29, 0.717) is 0 Å². The number of aryl methyl sites for hydroxylation is 1. The van der Waals surface area contributed by atoms with Crippen molar-refractivity contribution in [2.24, 2.45) is 0 Å². The van der Waals surface area contributed by atoms with Crippen molar-refractivity contribution >= 4 is 19.7 Å². The van der Waals surface area contributed by atoms with Crippen LogP contribution in [0.2, 0.25) is 0 Å². The van der Waals surface area contributed by atoms with Gasteiger partial charge >= 0.3 is 0 Å². The number of unbranched alkanes of at least 4 members (excludes halogenated alkanes) is 1. The first-order valence-corrected chi connectivity index (χ1v) is 7.49. The Labute approximate surface area is 95.7 Å². The van der Waals surface area contributed by atoms with Crippen LogP contribution in [0, 0.1) is 0 Å². The van der Waals surface area contributed by atoms with Gasteiger partial charge in [-0.05, 0) is 24.0 Å². The lowest BCUT2D eigenvalue weighted by atomic mass is 10.1. The van der Waals surface area contributed by atoms with Crippen molar-refractivity contribution < 1.29 is 8.42 Å². The largest absolute Gasteiger partial charge is 0.236 e. The van der Waals surface area contributed by atoms with Crippen LogP contribution in [-0.2, 0) is 21.2 Å². The van der Waals surface area contributed by atoms with Crippen molar-refractivity contribution in [3.05, 3.63) is 35.4 Å². The molecule has 0 radical (unpaired) electrons. The third-order valence-electron chi connectivity index (χ3n) is 2.18. The van der Waals surface area contributed by atoms with E-state index in [1.54, 1.807) is 0 Å². The Bertz CT molecular complexity index is 395. The molecule has 0 aliphatic heterocycles. The van der Waals surface area contributed by atoms with Crippen molar-refractivity contribution in [2.45, 2.75) is 31.9 Å². The molecule has 0 unspecified atom stereocenters. The Balaban J connectivity index is 2.64. The molecule has 0 atom stereocenters. The van der Waals surface area contributed by atoms with Gasteiger partial charge in [-0.15, -0.1) is 0 Å². The second-order valence-corrected chi connectivity index (χ2v) is 6.38. The summed E-state index contributed by atoms with van der Waals surface area (Å²) in [7, 11) is 1.73. The summed E-state index contributed by atoms with van der Waals surface area (Å²) in [6.07, 6.45) is 3.37. The Hall–Kier alpha value is -0.540. The van der Waals surface area contributed by atoms with Crippen LogP contribution in [0.4, 0.5) is 0 Å². The van der Waals surface area contributed by atoms with Gasteiger partial charge in [0.15, 0.2) is 0 Å². The molecule has 0 bridgehead atoms. The molecule has 1 rings (SSSR count). The fraction of sp³-hybridized carbons (Fsp3) is 0.455. The molecule has 1 aromatic carbocycles. The van der Waals surface area contributed by atoms with E-state index in [1.165, 1.54) is 5.56 Å². The first kappa shape index (κ1) is 12.5. The van der Waals surface area contributed by atoms with Gasteiger partial charge in [0, 0.05) is 10.7 Å². The fourth-order valence-electron chi connectivity index (χ4n) is 1.38. The summed E-state index contributed by atoms with van der Waals surface area (Å²) < 4.78 is 21.6. The van der Waals surface area contributed by atoms with E-state index in [9.17, 15) is 8.42 Å². The van der Waals surface area contributed by atoms with E-state index in [-0.39, 0.29) is 5.75 Å². The highest BCUT2D eigenvalue weighted by molar-refractivity contribution is 8.13. The first-order valence-electron chi connectivity index (χ1n) is 5.01. The summed E-state index contributed by atoms with van der Waals surface area (Å²) in [5.41, 5.74) is 1.98.